The number of amides is 1. The van der Waals surface area contributed by atoms with Crippen molar-refractivity contribution >= 4 is 44.4 Å². The Kier molecular flexibility index (Phi) is 6.32. The Morgan fingerprint density at radius 3 is 2.66 bits per heavy atom. The van der Waals surface area contributed by atoms with E-state index in [-0.39, 0.29) is 10.8 Å². The van der Waals surface area contributed by atoms with Crippen molar-refractivity contribution in [2.45, 2.75) is 19.4 Å². The van der Waals surface area contributed by atoms with E-state index in [0.717, 1.165) is 56.9 Å². The van der Waals surface area contributed by atoms with Gasteiger partial charge in [0.1, 0.15) is 5.69 Å². The molecule has 3 heterocycles. The van der Waals surface area contributed by atoms with Gasteiger partial charge in [0.05, 0.1) is 0 Å². The van der Waals surface area contributed by atoms with Crippen molar-refractivity contribution in [2.24, 2.45) is 0 Å². The Morgan fingerprint density at radius 1 is 1.07 bits per heavy atom. The molecule has 4 rings (SSSR count). The molecule has 1 aromatic carbocycles. The lowest BCUT2D eigenvalue weighted by molar-refractivity contribution is 0.0953. The van der Waals surface area contributed by atoms with Crippen LogP contribution in [0.5, 0.6) is 0 Å². The summed E-state index contributed by atoms with van der Waals surface area (Å²) < 4.78 is 2.95. The first-order chi connectivity index (χ1) is 14.2. The molecule has 154 valence electrons. The first-order valence-electron chi connectivity index (χ1n) is 10.0. The summed E-state index contributed by atoms with van der Waals surface area (Å²) in [4.78, 5) is 28.8. The monoisotopic (exact) mass is 430 g/mol. The summed E-state index contributed by atoms with van der Waals surface area (Å²) in [5.74, 6) is -0.194. The molecular weight excluding hydrogens is 404 g/mol. The predicted octanol–water partition coefficient (Wildman–Crippen LogP) is 3.09. The normalized spacial score (nSPS) is 15.1. The standard InChI is InChI=1S/C21H26N4O2S2/c1-22-20(26)18-15-29-21(27)25(18)9-3-2-8-23-10-12-24(13-11-23)17-5-4-6-19-16(17)7-14-28-19/h4-7,14-15H,2-3,8-13H2,1H3,(H,22,26). The molecule has 1 aliphatic heterocycles. The maximum absolute atomic E-state index is 12.0. The minimum Gasteiger partial charge on any atom is -0.368 e. The Hall–Kier alpha value is -2.16. The van der Waals surface area contributed by atoms with E-state index in [9.17, 15) is 9.59 Å². The van der Waals surface area contributed by atoms with E-state index in [1.807, 2.05) is 0 Å². The van der Waals surface area contributed by atoms with Crippen LogP contribution in [-0.4, -0.2) is 55.1 Å². The van der Waals surface area contributed by atoms with Crippen LogP contribution < -0.4 is 15.1 Å². The molecule has 8 heteroatoms. The van der Waals surface area contributed by atoms with Crippen molar-refractivity contribution in [1.29, 1.82) is 0 Å². The van der Waals surface area contributed by atoms with Gasteiger partial charge in [0.15, 0.2) is 0 Å². The number of piperazine rings is 1. The summed E-state index contributed by atoms with van der Waals surface area (Å²) in [6.07, 6.45) is 1.92. The van der Waals surface area contributed by atoms with E-state index < -0.39 is 0 Å². The molecule has 1 aliphatic rings. The van der Waals surface area contributed by atoms with Gasteiger partial charge in [-0.2, -0.15) is 0 Å². The zero-order valence-electron chi connectivity index (χ0n) is 16.6. The predicted molar refractivity (Wildman–Crippen MR) is 122 cm³/mol. The summed E-state index contributed by atoms with van der Waals surface area (Å²) in [7, 11) is 1.59. The molecule has 0 aliphatic carbocycles. The Balaban J connectivity index is 1.25. The van der Waals surface area contributed by atoms with Crippen LogP contribution in [-0.2, 0) is 6.54 Å². The number of nitrogens with one attached hydrogen (secondary N) is 1. The van der Waals surface area contributed by atoms with Crippen molar-refractivity contribution in [3.63, 3.8) is 0 Å². The third-order valence-corrected chi connectivity index (χ3v) is 7.18. The highest BCUT2D eigenvalue weighted by atomic mass is 32.1. The molecule has 0 radical (unpaired) electrons. The van der Waals surface area contributed by atoms with Gasteiger partial charge < -0.3 is 10.2 Å². The van der Waals surface area contributed by atoms with Crippen molar-refractivity contribution in [2.75, 3.05) is 44.7 Å². The Labute approximate surface area is 178 Å². The summed E-state index contributed by atoms with van der Waals surface area (Å²) in [6.45, 7) is 5.83. The third-order valence-electron chi connectivity index (χ3n) is 5.53. The van der Waals surface area contributed by atoms with Crippen LogP contribution in [0.25, 0.3) is 10.1 Å². The number of thiazole rings is 1. The number of nitrogens with zero attached hydrogens (tertiary/aromatic N) is 3. The van der Waals surface area contributed by atoms with Gasteiger partial charge in [-0.25, -0.2) is 0 Å². The zero-order valence-corrected chi connectivity index (χ0v) is 18.2. The van der Waals surface area contributed by atoms with Crippen LogP contribution >= 0.6 is 22.7 Å². The molecule has 0 bridgehead atoms. The molecule has 1 saturated heterocycles. The smallest absolute Gasteiger partial charge is 0.307 e. The van der Waals surface area contributed by atoms with Crippen molar-refractivity contribution in [3.8, 4) is 0 Å². The lowest BCUT2D eigenvalue weighted by Crippen LogP contribution is -2.46. The van der Waals surface area contributed by atoms with Gasteiger partial charge in [-0.15, -0.1) is 11.3 Å². The topological polar surface area (TPSA) is 57.6 Å². The molecule has 1 amide bonds. The van der Waals surface area contributed by atoms with Gasteiger partial charge in [0.2, 0.25) is 0 Å². The highest BCUT2D eigenvalue weighted by molar-refractivity contribution is 7.17. The molecule has 0 unspecified atom stereocenters. The number of carbonyl (C=O) groups excluding carboxylic acids is 1. The number of benzene rings is 1. The molecule has 0 spiro atoms. The summed E-state index contributed by atoms with van der Waals surface area (Å²) in [5.41, 5.74) is 1.82. The van der Waals surface area contributed by atoms with E-state index in [0.29, 0.717) is 12.2 Å². The summed E-state index contributed by atoms with van der Waals surface area (Å²) in [5, 5.41) is 7.77. The molecule has 1 N–H and O–H groups in total. The number of thiophene rings is 1. The average molecular weight is 431 g/mol. The third kappa shape index (κ3) is 4.39. The highest BCUT2D eigenvalue weighted by Gasteiger charge is 2.19. The first kappa shape index (κ1) is 20.1. The van der Waals surface area contributed by atoms with Crippen LogP contribution in [0, 0.1) is 0 Å². The van der Waals surface area contributed by atoms with Crippen LogP contribution in [0.3, 0.4) is 0 Å². The lowest BCUT2D eigenvalue weighted by atomic mass is 10.1. The molecule has 0 atom stereocenters. The SMILES string of the molecule is CNC(=O)c1csc(=O)n1CCCCN1CCN(c2cccc3sccc23)CC1. The number of hydrogen-bond acceptors (Lipinski definition) is 6. The van der Waals surface area contributed by atoms with Crippen LogP contribution in [0.2, 0.25) is 0 Å². The Morgan fingerprint density at radius 2 is 1.86 bits per heavy atom. The second-order valence-corrected chi connectivity index (χ2v) is 9.03. The van der Waals surface area contributed by atoms with Gasteiger partial charge >= 0.3 is 4.87 Å². The number of fused-ring (bicyclic) bond motifs is 1. The largest absolute Gasteiger partial charge is 0.368 e. The van der Waals surface area contributed by atoms with E-state index in [1.165, 1.54) is 15.8 Å². The molecule has 0 saturated carbocycles. The maximum Gasteiger partial charge on any atom is 0.307 e. The fraction of sp³-hybridized carbons (Fsp3) is 0.429. The van der Waals surface area contributed by atoms with Gasteiger partial charge in [-0.1, -0.05) is 17.4 Å². The van der Waals surface area contributed by atoms with E-state index in [4.69, 9.17) is 0 Å². The minimum absolute atomic E-state index is 0.0557. The number of anilines is 1. The summed E-state index contributed by atoms with van der Waals surface area (Å²) in [6, 6.07) is 8.79. The number of aromatic nitrogens is 1. The minimum atomic E-state index is -0.194. The van der Waals surface area contributed by atoms with Gasteiger partial charge in [0.25, 0.3) is 5.91 Å². The lowest BCUT2D eigenvalue weighted by Gasteiger charge is -2.36. The highest BCUT2D eigenvalue weighted by Crippen LogP contribution is 2.31. The maximum atomic E-state index is 12.0. The van der Waals surface area contributed by atoms with Crippen molar-refractivity contribution < 1.29 is 4.79 Å². The van der Waals surface area contributed by atoms with Crippen molar-refractivity contribution in [3.05, 3.63) is 50.4 Å². The molecule has 3 aromatic rings. The number of unbranched alkanes of at least 4 members (excludes halogenated alkanes) is 1. The zero-order chi connectivity index (χ0) is 20.2. The molecule has 2 aromatic heterocycles. The van der Waals surface area contributed by atoms with Crippen molar-refractivity contribution in [1.82, 2.24) is 14.8 Å². The van der Waals surface area contributed by atoms with E-state index in [1.54, 1.807) is 28.3 Å². The second kappa shape index (κ2) is 9.11. The molecule has 29 heavy (non-hydrogen) atoms. The molecule has 1 fully saturated rings. The molecule has 6 nitrogen and oxygen atoms in total. The second-order valence-electron chi connectivity index (χ2n) is 7.26. The van der Waals surface area contributed by atoms with Crippen LogP contribution in [0.15, 0.2) is 39.8 Å². The fourth-order valence-electron chi connectivity index (χ4n) is 3.92. The van der Waals surface area contributed by atoms with Gasteiger partial charge in [-0.3, -0.25) is 19.1 Å². The van der Waals surface area contributed by atoms with Gasteiger partial charge in [-0.05, 0) is 43.0 Å². The Bertz CT molecular complexity index is 1030. The number of carbonyl (C=O) groups is 1. The quantitative estimate of drug-likeness (QED) is 0.585. The van der Waals surface area contributed by atoms with Crippen LogP contribution in [0.4, 0.5) is 5.69 Å². The van der Waals surface area contributed by atoms with Crippen LogP contribution in [0.1, 0.15) is 23.3 Å². The number of rotatable bonds is 7. The van der Waals surface area contributed by atoms with E-state index >= 15 is 0 Å². The van der Waals surface area contributed by atoms with Gasteiger partial charge in [0, 0.05) is 60.9 Å². The fourth-order valence-corrected chi connectivity index (χ4v) is 5.49. The van der Waals surface area contributed by atoms with E-state index in [2.05, 4.69) is 44.8 Å². The summed E-state index contributed by atoms with van der Waals surface area (Å²) >= 11 is 2.89. The number of hydrogen-bond donors (Lipinski definition) is 1. The average Bonchev–Trinajstić information content (AvgIpc) is 3.37. The molecular formula is C21H26N4O2S2. The first-order valence-corrected chi connectivity index (χ1v) is 11.8.